The highest BCUT2D eigenvalue weighted by molar-refractivity contribution is 8.04. The van der Waals surface area contributed by atoms with E-state index in [2.05, 4.69) is 0 Å². The van der Waals surface area contributed by atoms with Crippen molar-refractivity contribution in [1.29, 1.82) is 0 Å². The SMILES string of the molecule is CC(C)(O)C1C(=O)N2C(OC(=O)O)=C(CCCN)S[C@@H]12. The quantitative estimate of drug-likeness (QED) is 0.510. The Morgan fingerprint density at radius 3 is 2.70 bits per heavy atom. The predicted molar refractivity (Wildman–Crippen MR) is 72.4 cm³/mol. The lowest BCUT2D eigenvalue weighted by molar-refractivity contribution is -0.163. The van der Waals surface area contributed by atoms with Crippen molar-refractivity contribution >= 4 is 23.8 Å². The zero-order valence-electron chi connectivity index (χ0n) is 11.3. The molecule has 1 unspecified atom stereocenters. The van der Waals surface area contributed by atoms with E-state index in [0.29, 0.717) is 24.3 Å². The molecule has 2 aliphatic rings. The number of hydrogen-bond acceptors (Lipinski definition) is 6. The maximum atomic E-state index is 12.1. The van der Waals surface area contributed by atoms with Gasteiger partial charge in [-0.1, -0.05) is 11.8 Å². The van der Waals surface area contributed by atoms with Crippen molar-refractivity contribution in [3.63, 3.8) is 0 Å². The summed E-state index contributed by atoms with van der Waals surface area (Å²) in [5, 5.41) is 18.5. The van der Waals surface area contributed by atoms with Gasteiger partial charge in [-0.2, -0.15) is 0 Å². The van der Waals surface area contributed by atoms with Crippen LogP contribution in [0.5, 0.6) is 0 Å². The Morgan fingerprint density at radius 1 is 1.55 bits per heavy atom. The number of nitrogens with zero attached hydrogens (tertiary/aromatic N) is 1. The predicted octanol–water partition coefficient (Wildman–Crippen LogP) is 0.891. The molecule has 0 bridgehead atoms. The maximum Gasteiger partial charge on any atom is 0.512 e. The summed E-state index contributed by atoms with van der Waals surface area (Å²) in [5.74, 6) is -0.796. The highest BCUT2D eigenvalue weighted by atomic mass is 32.2. The molecule has 1 saturated heterocycles. The minimum absolute atomic E-state index is 0.0754. The van der Waals surface area contributed by atoms with Gasteiger partial charge in [0.1, 0.15) is 5.37 Å². The van der Waals surface area contributed by atoms with Crippen molar-refractivity contribution in [3.05, 3.63) is 10.8 Å². The van der Waals surface area contributed by atoms with Crippen LogP contribution in [0.15, 0.2) is 10.8 Å². The van der Waals surface area contributed by atoms with E-state index in [4.69, 9.17) is 15.6 Å². The topological polar surface area (TPSA) is 113 Å². The minimum Gasteiger partial charge on any atom is -0.449 e. The number of carboxylic acid groups (broad SMARTS) is 1. The lowest BCUT2D eigenvalue weighted by Gasteiger charge is -2.47. The summed E-state index contributed by atoms with van der Waals surface area (Å²) in [6, 6.07) is 0. The molecular formula is C12H18N2O5S. The van der Waals surface area contributed by atoms with Crippen LogP contribution in [0.3, 0.4) is 0 Å². The van der Waals surface area contributed by atoms with Crippen molar-refractivity contribution in [2.45, 2.75) is 37.7 Å². The van der Waals surface area contributed by atoms with Crippen LogP contribution in [-0.4, -0.2) is 44.7 Å². The molecule has 0 aliphatic carbocycles. The zero-order chi connectivity index (χ0) is 15.1. The molecule has 1 amide bonds. The first-order valence-corrected chi connectivity index (χ1v) is 7.21. The molecule has 0 aromatic carbocycles. The molecule has 0 spiro atoms. The Kier molecular flexibility index (Phi) is 3.99. The molecule has 112 valence electrons. The van der Waals surface area contributed by atoms with Crippen LogP contribution in [0, 0.1) is 5.92 Å². The Labute approximate surface area is 120 Å². The number of ether oxygens (including phenoxy) is 1. The molecule has 20 heavy (non-hydrogen) atoms. The first kappa shape index (κ1) is 15.1. The number of carbonyl (C=O) groups excluding carboxylic acids is 1. The smallest absolute Gasteiger partial charge is 0.449 e. The number of aliphatic hydroxyl groups is 1. The number of nitrogens with two attached hydrogens (primary N) is 1. The molecule has 1 fully saturated rings. The summed E-state index contributed by atoms with van der Waals surface area (Å²) in [5.41, 5.74) is 4.30. The summed E-state index contributed by atoms with van der Waals surface area (Å²) in [7, 11) is 0. The number of allylic oxidation sites excluding steroid dienone is 1. The molecule has 0 aromatic heterocycles. The Morgan fingerprint density at radius 2 is 2.20 bits per heavy atom. The van der Waals surface area contributed by atoms with Crippen LogP contribution >= 0.6 is 11.8 Å². The van der Waals surface area contributed by atoms with Crippen molar-refractivity contribution in [2.24, 2.45) is 11.7 Å². The van der Waals surface area contributed by atoms with Crippen molar-refractivity contribution in [2.75, 3.05) is 6.54 Å². The fourth-order valence-corrected chi connectivity index (χ4v) is 4.08. The van der Waals surface area contributed by atoms with E-state index in [1.54, 1.807) is 13.8 Å². The third-order valence-electron chi connectivity index (χ3n) is 3.32. The fraction of sp³-hybridized carbons (Fsp3) is 0.667. The lowest BCUT2D eigenvalue weighted by Crippen LogP contribution is -2.63. The zero-order valence-corrected chi connectivity index (χ0v) is 12.1. The minimum atomic E-state index is -1.45. The van der Waals surface area contributed by atoms with Gasteiger partial charge < -0.3 is 20.7 Å². The Balaban J connectivity index is 2.21. The van der Waals surface area contributed by atoms with E-state index in [-0.39, 0.29) is 17.2 Å². The Hall–Kier alpha value is -1.25. The summed E-state index contributed by atoms with van der Waals surface area (Å²) in [6.45, 7) is 3.62. The van der Waals surface area contributed by atoms with Gasteiger partial charge in [-0.15, -0.1) is 0 Å². The van der Waals surface area contributed by atoms with Gasteiger partial charge in [0.15, 0.2) is 0 Å². The van der Waals surface area contributed by atoms with Gasteiger partial charge in [-0.25, -0.2) is 4.79 Å². The van der Waals surface area contributed by atoms with Crippen LogP contribution in [0.1, 0.15) is 26.7 Å². The second kappa shape index (κ2) is 5.27. The molecule has 0 saturated carbocycles. The average Bonchev–Trinajstić information content (AvgIpc) is 2.57. The third-order valence-corrected chi connectivity index (χ3v) is 4.70. The van der Waals surface area contributed by atoms with Gasteiger partial charge in [-0.3, -0.25) is 9.69 Å². The van der Waals surface area contributed by atoms with Gasteiger partial charge in [0.25, 0.3) is 0 Å². The van der Waals surface area contributed by atoms with Gasteiger partial charge in [-0.05, 0) is 33.2 Å². The largest absolute Gasteiger partial charge is 0.512 e. The van der Waals surface area contributed by atoms with Gasteiger partial charge >= 0.3 is 6.16 Å². The van der Waals surface area contributed by atoms with E-state index in [1.165, 1.54) is 16.7 Å². The van der Waals surface area contributed by atoms with Gasteiger partial charge in [0.05, 0.1) is 11.5 Å². The molecule has 2 aliphatic heterocycles. The number of β-lactam (4-membered cyclic amide) rings is 1. The van der Waals surface area contributed by atoms with Crippen molar-refractivity contribution < 1.29 is 24.5 Å². The fourth-order valence-electron chi connectivity index (χ4n) is 2.40. The van der Waals surface area contributed by atoms with Gasteiger partial charge in [0, 0.05) is 4.91 Å². The molecule has 2 atom stereocenters. The van der Waals surface area contributed by atoms with Crippen molar-refractivity contribution in [1.82, 2.24) is 4.90 Å². The first-order chi connectivity index (χ1) is 9.27. The molecule has 0 radical (unpaired) electrons. The molecule has 0 aromatic rings. The standard InChI is InChI=1S/C12H18N2O5S/c1-12(2,18)7-8(15)14-9(19-11(16)17)6(4-3-5-13)20-10(7)14/h7,10,18H,3-5,13H2,1-2H3,(H,16,17)/t7?,10-/m0/s1. The summed E-state index contributed by atoms with van der Waals surface area (Å²) in [4.78, 5) is 24.9. The molecule has 7 nitrogen and oxygen atoms in total. The number of carbonyl (C=O) groups is 2. The number of amides is 1. The second-order valence-corrected chi connectivity index (χ2v) is 6.55. The monoisotopic (exact) mass is 302 g/mol. The number of rotatable bonds is 5. The summed E-state index contributed by atoms with van der Waals surface area (Å²) < 4.78 is 4.74. The Bertz CT molecular complexity index is 471. The van der Waals surface area contributed by atoms with Crippen LogP contribution in [0.4, 0.5) is 4.79 Å². The van der Waals surface area contributed by atoms with Gasteiger partial charge in [0.2, 0.25) is 11.8 Å². The van der Waals surface area contributed by atoms with Crippen molar-refractivity contribution in [3.8, 4) is 0 Å². The summed E-state index contributed by atoms with van der Waals surface area (Å²) in [6.07, 6.45) is -0.217. The van der Waals surface area contributed by atoms with E-state index in [1.807, 2.05) is 0 Å². The second-order valence-electron chi connectivity index (χ2n) is 5.34. The summed E-state index contributed by atoms with van der Waals surface area (Å²) >= 11 is 1.37. The number of fused-ring (bicyclic) bond motifs is 1. The van der Waals surface area contributed by atoms with Crippen LogP contribution < -0.4 is 5.73 Å². The lowest BCUT2D eigenvalue weighted by atomic mass is 9.83. The maximum absolute atomic E-state index is 12.1. The van der Waals surface area contributed by atoms with E-state index in [0.717, 1.165) is 0 Å². The molecule has 2 rings (SSSR count). The van der Waals surface area contributed by atoms with E-state index < -0.39 is 17.7 Å². The first-order valence-electron chi connectivity index (χ1n) is 6.33. The average molecular weight is 302 g/mol. The van der Waals surface area contributed by atoms with Crippen LogP contribution in [0.25, 0.3) is 0 Å². The highest BCUT2D eigenvalue weighted by Gasteiger charge is 2.60. The molecule has 4 N–H and O–H groups in total. The number of thioether (sulfide) groups is 1. The van der Waals surface area contributed by atoms with E-state index in [9.17, 15) is 14.7 Å². The third kappa shape index (κ3) is 2.50. The van der Waals surface area contributed by atoms with Crippen LogP contribution in [-0.2, 0) is 9.53 Å². The van der Waals surface area contributed by atoms with Crippen LogP contribution in [0.2, 0.25) is 0 Å². The van der Waals surface area contributed by atoms with E-state index >= 15 is 0 Å². The molecule has 8 heteroatoms. The normalized spacial score (nSPS) is 25.6. The molecule has 2 heterocycles. The number of hydrogen-bond donors (Lipinski definition) is 3. The molecular weight excluding hydrogens is 284 g/mol. The highest BCUT2D eigenvalue weighted by Crippen LogP contribution is 2.53.